The summed E-state index contributed by atoms with van der Waals surface area (Å²) < 4.78 is 23.5. The molecule has 1 aliphatic rings. The zero-order chi connectivity index (χ0) is 18.9. The largest absolute Gasteiger partial charge is 0.359 e. The second-order valence-corrected chi connectivity index (χ2v) is 9.51. The number of likely N-dealkylation sites (N-methyl/N-ethyl adjacent to an activating group) is 1. The van der Waals surface area contributed by atoms with Crippen molar-refractivity contribution < 1.29 is 13.3 Å². The lowest BCUT2D eigenvalue weighted by Gasteiger charge is -2.29. The van der Waals surface area contributed by atoms with Gasteiger partial charge in [-0.2, -0.15) is 5.10 Å². The van der Waals surface area contributed by atoms with Crippen molar-refractivity contribution >= 4 is 37.7 Å². The van der Waals surface area contributed by atoms with E-state index in [-0.39, 0.29) is 15.9 Å². The molecule has 0 radical (unpaired) electrons. The molecule has 0 aromatic carbocycles. The first-order valence-corrected chi connectivity index (χ1v) is 10.7. The van der Waals surface area contributed by atoms with E-state index in [9.17, 15) is 18.5 Å². The first-order valence-electron chi connectivity index (χ1n) is 8.01. The summed E-state index contributed by atoms with van der Waals surface area (Å²) >= 11 is 0.933. The lowest BCUT2D eigenvalue weighted by Crippen LogP contribution is -2.39. The average molecular weight is 397 g/mol. The molecule has 11 heteroatoms. The van der Waals surface area contributed by atoms with Gasteiger partial charge in [-0.25, -0.2) is 8.42 Å². The molecule has 0 spiro atoms. The van der Waals surface area contributed by atoms with E-state index in [4.69, 9.17) is 0 Å². The fourth-order valence-corrected chi connectivity index (χ4v) is 5.11. The number of sulfone groups is 1. The number of rotatable bonds is 6. The van der Waals surface area contributed by atoms with Crippen LogP contribution in [-0.4, -0.2) is 56.0 Å². The molecule has 0 aliphatic carbocycles. The molecular formula is C15H19N5O4S2. The number of anilines is 2. The van der Waals surface area contributed by atoms with Gasteiger partial charge in [0.1, 0.15) is 4.21 Å². The highest BCUT2D eigenvalue weighted by Crippen LogP contribution is 2.39. The Balaban J connectivity index is 1.84. The quantitative estimate of drug-likeness (QED) is 0.537. The van der Waals surface area contributed by atoms with Crippen molar-refractivity contribution in [3.05, 3.63) is 34.5 Å². The minimum absolute atomic E-state index is 0.00301. The molecule has 0 N–H and O–H groups in total. The van der Waals surface area contributed by atoms with Gasteiger partial charge in [-0.15, -0.1) is 5.10 Å². The monoisotopic (exact) mass is 397 g/mol. The van der Waals surface area contributed by atoms with Crippen molar-refractivity contribution in [2.45, 2.75) is 23.1 Å². The first-order chi connectivity index (χ1) is 12.3. The summed E-state index contributed by atoms with van der Waals surface area (Å²) in [7, 11) is -1.75. The van der Waals surface area contributed by atoms with Gasteiger partial charge in [0.25, 0.3) is 0 Å². The average Bonchev–Trinajstić information content (AvgIpc) is 3.22. The van der Waals surface area contributed by atoms with Crippen molar-refractivity contribution in [2.24, 2.45) is 0 Å². The summed E-state index contributed by atoms with van der Waals surface area (Å²) in [6.07, 6.45) is 4.59. The molecule has 0 amide bonds. The molecule has 1 atom stereocenters. The summed E-state index contributed by atoms with van der Waals surface area (Å²) in [4.78, 5) is 14.7. The molecule has 1 aliphatic heterocycles. The van der Waals surface area contributed by atoms with Gasteiger partial charge in [0.15, 0.2) is 20.7 Å². The third-order valence-electron chi connectivity index (χ3n) is 4.29. The zero-order valence-corrected chi connectivity index (χ0v) is 16.0. The molecule has 3 heterocycles. The van der Waals surface area contributed by atoms with Crippen LogP contribution in [0.4, 0.5) is 16.5 Å². The molecule has 2 aromatic heterocycles. The predicted molar refractivity (Wildman–Crippen MR) is 99.8 cm³/mol. The van der Waals surface area contributed by atoms with Crippen LogP contribution in [0.3, 0.4) is 0 Å². The topological polar surface area (TPSA) is 110 Å². The normalized spacial score (nSPS) is 17.5. The van der Waals surface area contributed by atoms with Crippen LogP contribution in [0, 0.1) is 10.1 Å². The van der Waals surface area contributed by atoms with Crippen molar-refractivity contribution in [3.63, 3.8) is 0 Å². The Hall–Kier alpha value is -2.27. The standard InChI is InChI=1S/C15H19N5O4S2/c1-18(15-12(20(21)22)9-14(25-15)26(2,23)24)10-11-5-4-8-19(11)13-6-3-7-16-17-13/h3,6-7,9,11H,4-5,8,10H2,1-2H3. The molecule has 3 rings (SSSR count). The first kappa shape index (κ1) is 18.5. The van der Waals surface area contributed by atoms with Crippen LogP contribution in [0.1, 0.15) is 12.8 Å². The molecule has 140 valence electrons. The van der Waals surface area contributed by atoms with Crippen LogP contribution >= 0.6 is 11.3 Å². The molecule has 9 nitrogen and oxygen atoms in total. The maximum atomic E-state index is 11.8. The van der Waals surface area contributed by atoms with Gasteiger partial charge in [-0.1, -0.05) is 11.3 Å². The summed E-state index contributed by atoms with van der Waals surface area (Å²) in [5.74, 6) is 0.779. The van der Waals surface area contributed by atoms with E-state index in [1.165, 1.54) is 0 Å². The maximum Gasteiger partial charge on any atom is 0.304 e. The maximum absolute atomic E-state index is 11.8. The van der Waals surface area contributed by atoms with Crippen molar-refractivity contribution in [1.82, 2.24) is 10.2 Å². The molecule has 1 fully saturated rings. The fourth-order valence-electron chi connectivity index (χ4n) is 3.11. The smallest absolute Gasteiger partial charge is 0.304 e. The molecule has 26 heavy (non-hydrogen) atoms. The van der Waals surface area contributed by atoms with Crippen LogP contribution in [0.25, 0.3) is 0 Å². The Kier molecular flexibility index (Phi) is 5.10. The summed E-state index contributed by atoms with van der Waals surface area (Å²) in [6.45, 7) is 1.37. The lowest BCUT2D eigenvalue weighted by atomic mass is 10.2. The van der Waals surface area contributed by atoms with E-state index in [1.54, 1.807) is 18.1 Å². The Morgan fingerprint density at radius 2 is 2.27 bits per heavy atom. The molecular weight excluding hydrogens is 378 g/mol. The van der Waals surface area contributed by atoms with Crippen LogP contribution in [-0.2, 0) is 9.84 Å². The number of hydrogen-bond acceptors (Lipinski definition) is 9. The van der Waals surface area contributed by atoms with Gasteiger partial charge in [0.2, 0.25) is 0 Å². The van der Waals surface area contributed by atoms with Gasteiger partial charge >= 0.3 is 5.69 Å². The minimum Gasteiger partial charge on any atom is -0.359 e. The summed E-state index contributed by atoms with van der Waals surface area (Å²) in [6, 6.07) is 4.98. The van der Waals surface area contributed by atoms with E-state index in [0.29, 0.717) is 11.5 Å². The molecule has 0 bridgehead atoms. The van der Waals surface area contributed by atoms with Gasteiger partial charge < -0.3 is 9.80 Å². The predicted octanol–water partition coefficient (Wildman–Crippen LogP) is 1.95. The number of aromatic nitrogens is 2. The number of hydrogen-bond donors (Lipinski definition) is 0. The van der Waals surface area contributed by atoms with E-state index in [2.05, 4.69) is 15.1 Å². The molecule has 1 saturated heterocycles. The van der Waals surface area contributed by atoms with Crippen LogP contribution in [0.5, 0.6) is 0 Å². The van der Waals surface area contributed by atoms with E-state index < -0.39 is 14.8 Å². The van der Waals surface area contributed by atoms with Crippen molar-refractivity contribution in [1.29, 1.82) is 0 Å². The number of nitro groups is 1. The van der Waals surface area contributed by atoms with Crippen molar-refractivity contribution in [2.75, 3.05) is 36.2 Å². The second-order valence-electron chi connectivity index (χ2n) is 6.24. The third kappa shape index (κ3) is 3.78. The van der Waals surface area contributed by atoms with E-state index in [1.807, 2.05) is 12.1 Å². The summed E-state index contributed by atoms with van der Waals surface area (Å²) in [5, 5.41) is 19.8. The highest BCUT2D eigenvalue weighted by molar-refractivity contribution is 7.92. The summed E-state index contributed by atoms with van der Waals surface area (Å²) in [5.41, 5.74) is -0.179. The Labute approximate surface area is 155 Å². The van der Waals surface area contributed by atoms with Gasteiger partial charge in [-0.05, 0) is 25.0 Å². The molecule has 1 unspecified atom stereocenters. The zero-order valence-electron chi connectivity index (χ0n) is 14.4. The van der Waals surface area contributed by atoms with Crippen LogP contribution in [0.2, 0.25) is 0 Å². The van der Waals surface area contributed by atoms with E-state index in [0.717, 1.165) is 48.9 Å². The highest BCUT2D eigenvalue weighted by atomic mass is 32.2. The molecule has 2 aromatic rings. The Morgan fingerprint density at radius 1 is 1.50 bits per heavy atom. The Morgan fingerprint density at radius 3 is 2.88 bits per heavy atom. The van der Waals surface area contributed by atoms with Gasteiger partial charge in [-0.3, -0.25) is 10.1 Å². The van der Waals surface area contributed by atoms with Crippen molar-refractivity contribution in [3.8, 4) is 0 Å². The van der Waals surface area contributed by atoms with E-state index >= 15 is 0 Å². The number of thiophene rings is 1. The lowest BCUT2D eigenvalue weighted by molar-refractivity contribution is -0.383. The fraction of sp³-hybridized carbons (Fsp3) is 0.467. The highest BCUT2D eigenvalue weighted by Gasteiger charge is 2.31. The van der Waals surface area contributed by atoms with Crippen LogP contribution in [0.15, 0.2) is 28.6 Å². The minimum atomic E-state index is -3.49. The SMILES string of the molecule is CN(CC1CCCN1c1cccnn1)c1sc(S(C)(=O)=O)cc1[N+](=O)[O-]. The third-order valence-corrected chi connectivity index (χ3v) is 7.33. The number of nitrogens with zero attached hydrogens (tertiary/aromatic N) is 5. The molecule has 0 saturated carbocycles. The van der Waals surface area contributed by atoms with Gasteiger partial charge in [0.05, 0.1) is 4.92 Å². The van der Waals surface area contributed by atoms with Crippen LogP contribution < -0.4 is 9.80 Å². The second kappa shape index (κ2) is 7.16. The van der Waals surface area contributed by atoms with Gasteiger partial charge in [0, 0.05) is 44.7 Å². The Bertz CT molecular complexity index is 900.